The quantitative estimate of drug-likeness (QED) is 0.592. The number of hydrogen-bond acceptors (Lipinski definition) is 4. The number of carbonyl (C=O) groups is 1. The van der Waals surface area contributed by atoms with Gasteiger partial charge in [0.1, 0.15) is 11.5 Å². The van der Waals surface area contributed by atoms with Crippen LogP contribution in [0.25, 0.3) is 0 Å². The fraction of sp³-hybridized carbons (Fsp3) is 0.588. The van der Waals surface area contributed by atoms with Gasteiger partial charge in [-0.3, -0.25) is 4.79 Å². The first kappa shape index (κ1) is 17.9. The van der Waals surface area contributed by atoms with E-state index in [4.69, 9.17) is 9.47 Å². The molecule has 0 heterocycles. The molecule has 0 aliphatic carbocycles. The number of ether oxygens (including phenoxy) is 2. The Morgan fingerprint density at radius 2 is 1.81 bits per heavy atom. The van der Waals surface area contributed by atoms with Crippen LogP contribution in [0.2, 0.25) is 0 Å². The van der Waals surface area contributed by atoms with Gasteiger partial charge < -0.3 is 9.47 Å². The minimum Gasteiger partial charge on any atom is -0.493 e. The first-order valence-corrected chi connectivity index (χ1v) is 8.67. The van der Waals surface area contributed by atoms with Gasteiger partial charge in [-0.2, -0.15) is 11.8 Å². The predicted molar refractivity (Wildman–Crippen MR) is 89.9 cm³/mol. The summed E-state index contributed by atoms with van der Waals surface area (Å²) >= 11 is 1.65. The molecular weight excluding hydrogens is 284 g/mol. The molecule has 0 unspecified atom stereocenters. The Bertz CT molecular complexity index is 444. The van der Waals surface area contributed by atoms with E-state index in [9.17, 15) is 4.79 Å². The van der Waals surface area contributed by atoms with Crippen LogP contribution in [0, 0.1) is 0 Å². The minimum atomic E-state index is 0.113. The van der Waals surface area contributed by atoms with E-state index in [1.165, 1.54) is 0 Å². The molecule has 0 N–H and O–H groups in total. The Kier molecular flexibility index (Phi) is 8.28. The van der Waals surface area contributed by atoms with Crippen molar-refractivity contribution in [1.29, 1.82) is 0 Å². The zero-order valence-corrected chi connectivity index (χ0v) is 14.3. The highest BCUT2D eigenvalue weighted by Crippen LogP contribution is 2.27. The van der Waals surface area contributed by atoms with Gasteiger partial charge in [-0.05, 0) is 30.2 Å². The maximum atomic E-state index is 12.3. The fourth-order valence-electron chi connectivity index (χ4n) is 1.69. The first-order valence-electron chi connectivity index (χ1n) is 7.62. The van der Waals surface area contributed by atoms with Gasteiger partial charge >= 0.3 is 0 Å². The molecular formula is C17H26O3S. The summed E-state index contributed by atoms with van der Waals surface area (Å²) in [7, 11) is 0. The number of rotatable bonds is 10. The second kappa shape index (κ2) is 9.72. The minimum absolute atomic E-state index is 0.113. The SMILES string of the molecule is CCCOc1ccc(C(=O)CSC(C)C)c(OCCC)c1. The molecule has 0 aliphatic heterocycles. The number of hydrogen-bond donors (Lipinski definition) is 0. The second-order valence-corrected chi connectivity index (χ2v) is 6.70. The normalized spacial score (nSPS) is 10.7. The number of ketones is 1. The highest BCUT2D eigenvalue weighted by atomic mass is 32.2. The molecule has 0 saturated heterocycles. The van der Waals surface area contributed by atoms with E-state index < -0.39 is 0 Å². The van der Waals surface area contributed by atoms with Crippen molar-refractivity contribution >= 4 is 17.5 Å². The Balaban J connectivity index is 2.86. The molecule has 0 atom stereocenters. The van der Waals surface area contributed by atoms with E-state index >= 15 is 0 Å². The van der Waals surface area contributed by atoms with Crippen LogP contribution in [-0.2, 0) is 0 Å². The van der Waals surface area contributed by atoms with Crippen molar-refractivity contribution in [1.82, 2.24) is 0 Å². The summed E-state index contributed by atoms with van der Waals surface area (Å²) in [5, 5.41) is 0.445. The van der Waals surface area contributed by atoms with E-state index in [-0.39, 0.29) is 5.78 Å². The van der Waals surface area contributed by atoms with Gasteiger partial charge in [0.05, 0.1) is 24.5 Å². The highest BCUT2D eigenvalue weighted by molar-refractivity contribution is 8.00. The third kappa shape index (κ3) is 6.42. The molecule has 4 heteroatoms. The van der Waals surface area contributed by atoms with Crippen LogP contribution in [0.15, 0.2) is 18.2 Å². The predicted octanol–water partition coefficient (Wildman–Crippen LogP) is 4.59. The molecule has 0 aromatic heterocycles. The van der Waals surface area contributed by atoms with E-state index in [0.29, 0.717) is 35.5 Å². The summed E-state index contributed by atoms with van der Waals surface area (Å²) in [6.45, 7) is 9.57. The number of carbonyl (C=O) groups excluding carboxylic acids is 1. The first-order chi connectivity index (χ1) is 10.1. The lowest BCUT2D eigenvalue weighted by Crippen LogP contribution is -2.09. The van der Waals surface area contributed by atoms with Gasteiger partial charge in [-0.1, -0.05) is 27.7 Å². The molecule has 1 aromatic rings. The van der Waals surface area contributed by atoms with Crippen LogP contribution in [-0.4, -0.2) is 30.0 Å². The third-order valence-corrected chi connectivity index (χ3v) is 3.83. The molecule has 0 radical (unpaired) electrons. The van der Waals surface area contributed by atoms with Crippen LogP contribution in [0.4, 0.5) is 0 Å². The molecule has 0 spiro atoms. The molecule has 1 rings (SSSR count). The van der Waals surface area contributed by atoms with Crippen LogP contribution < -0.4 is 9.47 Å². The van der Waals surface area contributed by atoms with Gasteiger partial charge in [-0.15, -0.1) is 0 Å². The van der Waals surface area contributed by atoms with E-state index in [2.05, 4.69) is 20.8 Å². The lowest BCUT2D eigenvalue weighted by Gasteiger charge is -2.13. The monoisotopic (exact) mass is 310 g/mol. The molecule has 0 saturated carbocycles. The summed E-state index contributed by atoms with van der Waals surface area (Å²) < 4.78 is 11.3. The number of benzene rings is 1. The second-order valence-electron chi connectivity index (χ2n) is 5.14. The van der Waals surface area contributed by atoms with Crippen molar-refractivity contribution in [2.75, 3.05) is 19.0 Å². The maximum absolute atomic E-state index is 12.3. The largest absolute Gasteiger partial charge is 0.493 e. The van der Waals surface area contributed by atoms with Crippen molar-refractivity contribution in [3.63, 3.8) is 0 Å². The van der Waals surface area contributed by atoms with Crippen LogP contribution in [0.5, 0.6) is 11.5 Å². The molecule has 0 aliphatic rings. The average molecular weight is 310 g/mol. The Morgan fingerprint density at radius 1 is 1.14 bits per heavy atom. The maximum Gasteiger partial charge on any atom is 0.176 e. The van der Waals surface area contributed by atoms with Gasteiger partial charge in [0, 0.05) is 6.07 Å². The van der Waals surface area contributed by atoms with Crippen molar-refractivity contribution in [2.24, 2.45) is 0 Å². The van der Waals surface area contributed by atoms with Crippen molar-refractivity contribution in [2.45, 2.75) is 45.8 Å². The lowest BCUT2D eigenvalue weighted by molar-refractivity contribution is 0.101. The topological polar surface area (TPSA) is 35.5 Å². The molecule has 0 bridgehead atoms. The number of Topliss-reactive ketones (excluding diaryl/α,β-unsaturated/α-hetero) is 1. The summed E-state index contributed by atoms with van der Waals surface area (Å²) in [6.07, 6.45) is 1.87. The van der Waals surface area contributed by atoms with Gasteiger partial charge in [0.2, 0.25) is 0 Å². The van der Waals surface area contributed by atoms with Crippen molar-refractivity contribution in [3.8, 4) is 11.5 Å². The van der Waals surface area contributed by atoms with Gasteiger partial charge in [0.15, 0.2) is 5.78 Å². The average Bonchev–Trinajstić information content (AvgIpc) is 2.48. The Labute approximate surface area is 132 Å². The van der Waals surface area contributed by atoms with E-state index in [0.717, 1.165) is 18.6 Å². The standard InChI is InChI=1S/C17H26O3S/c1-5-9-19-14-7-8-15(16(18)12-21-13(3)4)17(11-14)20-10-6-2/h7-8,11,13H,5-6,9-10,12H2,1-4H3. The fourth-order valence-corrected chi connectivity index (χ4v) is 2.33. The van der Waals surface area contributed by atoms with Gasteiger partial charge in [0.25, 0.3) is 0 Å². The summed E-state index contributed by atoms with van der Waals surface area (Å²) in [6, 6.07) is 5.50. The molecule has 3 nitrogen and oxygen atoms in total. The Morgan fingerprint density at radius 3 is 2.43 bits per heavy atom. The van der Waals surface area contributed by atoms with Crippen molar-refractivity contribution in [3.05, 3.63) is 23.8 Å². The molecule has 118 valence electrons. The summed E-state index contributed by atoms with van der Waals surface area (Å²) in [4.78, 5) is 12.3. The van der Waals surface area contributed by atoms with Crippen LogP contribution in [0.3, 0.4) is 0 Å². The van der Waals surface area contributed by atoms with Crippen LogP contribution >= 0.6 is 11.8 Å². The summed E-state index contributed by atoms with van der Waals surface area (Å²) in [5.74, 6) is 1.99. The lowest BCUT2D eigenvalue weighted by atomic mass is 10.1. The smallest absolute Gasteiger partial charge is 0.176 e. The van der Waals surface area contributed by atoms with Crippen LogP contribution in [0.1, 0.15) is 50.9 Å². The third-order valence-electron chi connectivity index (χ3n) is 2.74. The van der Waals surface area contributed by atoms with E-state index in [1.54, 1.807) is 11.8 Å². The molecule has 21 heavy (non-hydrogen) atoms. The number of thioether (sulfide) groups is 1. The zero-order chi connectivity index (χ0) is 15.7. The zero-order valence-electron chi connectivity index (χ0n) is 13.5. The summed E-state index contributed by atoms with van der Waals surface area (Å²) in [5.41, 5.74) is 0.653. The molecule has 1 aromatic carbocycles. The Hall–Kier alpha value is -1.16. The van der Waals surface area contributed by atoms with E-state index in [1.807, 2.05) is 25.1 Å². The molecule has 0 fully saturated rings. The van der Waals surface area contributed by atoms with Gasteiger partial charge in [-0.25, -0.2) is 0 Å². The highest BCUT2D eigenvalue weighted by Gasteiger charge is 2.14. The van der Waals surface area contributed by atoms with Crippen molar-refractivity contribution < 1.29 is 14.3 Å². The molecule has 0 amide bonds.